The van der Waals surface area contributed by atoms with Crippen molar-refractivity contribution in [2.24, 2.45) is 5.92 Å². The van der Waals surface area contributed by atoms with Crippen molar-refractivity contribution in [3.05, 3.63) is 46.6 Å². The van der Waals surface area contributed by atoms with Crippen LogP contribution >= 0.6 is 0 Å². The van der Waals surface area contributed by atoms with Gasteiger partial charge in [-0.25, -0.2) is 0 Å². The maximum atomic E-state index is 2.39. The zero-order chi connectivity index (χ0) is 12.8. The first-order valence-corrected chi connectivity index (χ1v) is 6.71. The number of rotatable bonds is 3. The lowest BCUT2D eigenvalue weighted by Crippen LogP contribution is -2.05. The predicted molar refractivity (Wildman–Crippen MR) is 78.0 cm³/mol. The molecular formula is C17H26. The van der Waals surface area contributed by atoms with Crippen LogP contribution in [-0.2, 0) is 0 Å². The second-order valence-corrected chi connectivity index (χ2v) is 5.36. The Bertz CT molecular complexity index is 375. The molecule has 0 bridgehead atoms. The molecule has 0 saturated heterocycles. The van der Waals surface area contributed by atoms with Gasteiger partial charge in [-0.15, -0.1) is 0 Å². The summed E-state index contributed by atoms with van der Waals surface area (Å²) in [7, 11) is 0. The van der Waals surface area contributed by atoms with Crippen molar-refractivity contribution in [3.63, 3.8) is 0 Å². The fourth-order valence-corrected chi connectivity index (χ4v) is 2.20. The third-order valence-corrected chi connectivity index (χ3v) is 3.68. The number of hydrogen-bond donors (Lipinski definition) is 0. The van der Waals surface area contributed by atoms with Gasteiger partial charge in [-0.2, -0.15) is 0 Å². The molecule has 17 heavy (non-hydrogen) atoms. The van der Waals surface area contributed by atoms with Crippen LogP contribution in [0, 0.1) is 5.92 Å². The van der Waals surface area contributed by atoms with Crippen LogP contribution in [0.1, 0.15) is 53.9 Å². The lowest BCUT2D eigenvalue weighted by Gasteiger charge is -2.21. The van der Waals surface area contributed by atoms with E-state index in [1.54, 1.807) is 11.1 Å². The van der Waals surface area contributed by atoms with Crippen molar-refractivity contribution in [2.45, 2.75) is 53.9 Å². The van der Waals surface area contributed by atoms with Gasteiger partial charge in [-0.1, -0.05) is 36.8 Å². The zero-order valence-electron chi connectivity index (χ0n) is 12.0. The number of hydrogen-bond acceptors (Lipinski definition) is 0. The highest BCUT2D eigenvalue weighted by Crippen LogP contribution is 2.30. The third kappa shape index (κ3) is 4.38. The second-order valence-electron chi connectivity index (χ2n) is 5.36. The van der Waals surface area contributed by atoms with E-state index < -0.39 is 0 Å². The molecule has 0 spiro atoms. The molecule has 0 saturated carbocycles. The molecule has 0 heteroatoms. The largest absolute Gasteiger partial charge is 0.0877 e. The Hall–Kier alpha value is -1.04. The fourth-order valence-electron chi connectivity index (χ4n) is 2.20. The molecule has 0 fully saturated rings. The van der Waals surface area contributed by atoms with Gasteiger partial charge in [0.15, 0.2) is 0 Å². The van der Waals surface area contributed by atoms with Gasteiger partial charge in [0.25, 0.3) is 0 Å². The second kappa shape index (κ2) is 6.64. The summed E-state index contributed by atoms with van der Waals surface area (Å²) in [5.41, 5.74) is 5.91. The molecule has 0 N–H and O–H groups in total. The molecule has 0 aliphatic heterocycles. The first-order valence-electron chi connectivity index (χ1n) is 6.71. The molecule has 1 unspecified atom stereocenters. The average Bonchev–Trinajstić information content (AvgIpc) is 2.30. The van der Waals surface area contributed by atoms with Gasteiger partial charge in [0.2, 0.25) is 0 Å². The van der Waals surface area contributed by atoms with Crippen molar-refractivity contribution in [3.8, 4) is 0 Å². The minimum atomic E-state index is 0.845. The van der Waals surface area contributed by atoms with E-state index in [0.717, 1.165) is 5.92 Å². The molecule has 94 valence electrons. The van der Waals surface area contributed by atoms with E-state index in [1.807, 2.05) is 0 Å². The van der Waals surface area contributed by atoms with Crippen LogP contribution in [0.25, 0.3) is 0 Å². The highest BCUT2D eigenvalue weighted by atomic mass is 14.2. The van der Waals surface area contributed by atoms with E-state index in [1.165, 1.54) is 30.4 Å². The van der Waals surface area contributed by atoms with Crippen LogP contribution in [0.2, 0.25) is 0 Å². The summed E-state index contributed by atoms with van der Waals surface area (Å²) in [6, 6.07) is 0. The van der Waals surface area contributed by atoms with E-state index in [9.17, 15) is 0 Å². The van der Waals surface area contributed by atoms with Crippen LogP contribution in [0.5, 0.6) is 0 Å². The molecule has 1 atom stereocenters. The highest BCUT2D eigenvalue weighted by molar-refractivity contribution is 5.38. The van der Waals surface area contributed by atoms with Gasteiger partial charge in [0.05, 0.1) is 0 Å². The minimum absolute atomic E-state index is 0.845. The molecule has 0 radical (unpaired) electrons. The molecule has 1 aliphatic rings. The van der Waals surface area contributed by atoms with Gasteiger partial charge in [0.1, 0.15) is 0 Å². The van der Waals surface area contributed by atoms with Crippen LogP contribution < -0.4 is 0 Å². The summed E-state index contributed by atoms with van der Waals surface area (Å²) in [6.07, 6.45) is 12.6. The SMILES string of the molecule is C\C=C/C=C(C)/C(C)=C/C1=C(C)CCC(C)C1. The van der Waals surface area contributed by atoms with Crippen molar-refractivity contribution >= 4 is 0 Å². The monoisotopic (exact) mass is 230 g/mol. The Labute approximate surface area is 107 Å². The third-order valence-electron chi connectivity index (χ3n) is 3.68. The van der Waals surface area contributed by atoms with Gasteiger partial charge >= 0.3 is 0 Å². The highest BCUT2D eigenvalue weighted by Gasteiger charge is 2.13. The van der Waals surface area contributed by atoms with Crippen molar-refractivity contribution in [1.29, 1.82) is 0 Å². The summed E-state index contributed by atoms with van der Waals surface area (Å²) >= 11 is 0. The molecule has 1 aliphatic carbocycles. The van der Waals surface area contributed by atoms with Crippen LogP contribution in [0.15, 0.2) is 46.6 Å². The quantitative estimate of drug-likeness (QED) is 0.554. The predicted octanol–water partition coefficient (Wildman–Crippen LogP) is 5.59. The van der Waals surface area contributed by atoms with Crippen LogP contribution in [0.4, 0.5) is 0 Å². The molecule has 0 heterocycles. The van der Waals surface area contributed by atoms with E-state index >= 15 is 0 Å². The fraction of sp³-hybridized carbons (Fsp3) is 0.529. The maximum absolute atomic E-state index is 2.39. The van der Waals surface area contributed by atoms with Crippen molar-refractivity contribution in [1.82, 2.24) is 0 Å². The Morgan fingerprint density at radius 2 is 1.94 bits per heavy atom. The summed E-state index contributed by atoms with van der Waals surface area (Å²) in [5.74, 6) is 0.845. The van der Waals surface area contributed by atoms with E-state index in [2.05, 4.69) is 58.9 Å². The Morgan fingerprint density at radius 1 is 1.24 bits per heavy atom. The zero-order valence-corrected chi connectivity index (χ0v) is 12.0. The summed E-state index contributed by atoms with van der Waals surface area (Å²) in [4.78, 5) is 0. The van der Waals surface area contributed by atoms with Gasteiger partial charge in [0, 0.05) is 0 Å². The molecule has 0 nitrogen and oxygen atoms in total. The van der Waals surface area contributed by atoms with Gasteiger partial charge in [-0.05, 0) is 69.6 Å². The Morgan fingerprint density at radius 3 is 2.59 bits per heavy atom. The van der Waals surface area contributed by atoms with Crippen LogP contribution in [-0.4, -0.2) is 0 Å². The summed E-state index contributed by atoms with van der Waals surface area (Å²) in [5, 5.41) is 0. The Kier molecular flexibility index (Phi) is 5.47. The van der Waals surface area contributed by atoms with Crippen molar-refractivity contribution < 1.29 is 0 Å². The van der Waals surface area contributed by atoms with E-state index in [4.69, 9.17) is 0 Å². The van der Waals surface area contributed by atoms with Gasteiger partial charge < -0.3 is 0 Å². The first kappa shape index (κ1) is 14.0. The first-order chi connectivity index (χ1) is 8.04. The lowest BCUT2D eigenvalue weighted by atomic mass is 9.84. The molecule has 1 rings (SSSR count). The normalized spacial score (nSPS) is 23.7. The van der Waals surface area contributed by atoms with Gasteiger partial charge in [-0.3, -0.25) is 0 Å². The molecule has 0 aromatic rings. The molecule has 0 amide bonds. The number of allylic oxidation sites excluding steroid dienone is 8. The standard InChI is InChI=1S/C17H26/c1-6-7-8-14(3)16(5)12-17-11-13(2)9-10-15(17)4/h6-8,12-13H,9-11H2,1-5H3/b7-6-,14-8+,16-12+. The maximum Gasteiger partial charge on any atom is -0.0253 e. The smallest absolute Gasteiger partial charge is 0.0253 e. The Balaban J connectivity index is 2.87. The molecule has 0 aromatic carbocycles. The molecule has 0 aromatic heterocycles. The average molecular weight is 230 g/mol. The van der Waals surface area contributed by atoms with E-state index in [-0.39, 0.29) is 0 Å². The van der Waals surface area contributed by atoms with E-state index in [0.29, 0.717) is 0 Å². The summed E-state index contributed by atoms with van der Waals surface area (Å²) < 4.78 is 0. The summed E-state index contributed by atoms with van der Waals surface area (Å²) in [6.45, 7) is 11.1. The lowest BCUT2D eigenvalue weighted by molar-refractivity contribution is 0.502. The topological polar surface area (TPSA) is 0 Å². The van der Waals surface area contributed by atoms with Crippen molar-refractivity contribution in [2.75, 3.05) is 0 Å². The van der Waals surface area contributed by atoms with Crippen LogP contribution in [0.3, 0.4) is 0 Å². The molecular weight excluding hydrogens is 204 g/mol. The minimum Gasteiger partial charge on any atom is -0.0877 e.